The minimum atomic E-state index is -0.521. The number of allylic oxidation sites excluding steroid dienone is 1. The molecule has 0 bridgehead atoms. The van der Waals surface area contributed by atoms with Crippen LogP contribution >= 0.6 is 12.2 Å². The Bertz CT molecular complexity index is 1140. The third kappa shape index (κ3) is 5.40. The predicted octanol–water partition coefficient (Wildman–Crippen LogP) is 4.32. The molecule has 178 valence electrons. The first-order chi connectivity index (χ1) is 16.1. The molecule has 0 unspecified atom stereocenters. The van der Waals surface area contributed by atoms with Gasteiger partial charge in [-0.05, 0) is 69.7 Å². The maximum absolute atomic E-state index is 12.9. The molecule has 0 aromatic heterocycles. The lowest BCUT2D eigenvalue weighted by molar-refractivity contribution is -0.384. The van der Waals surface area contributed by atoms with Crippen LogP contribution in [0.15, 0.2) is 59.8 Å². The largest absolute Gasteiger partial charge is 0.459 e. The van der Waals surface area contributed by atoms with Crippen molar-refractivity contribution >= 4 is 40.6 Å². The summed E-state index contributed by atoms with van der Waals surface area (Å²) in [6.07, 6.45) is -0.269. The predicted molar refractivity (Wildman–Crippen MR) is 132 cm³/mol. The zero-order chi connectivity index (χ0) is 25.0. The van der Waals surface area contributed by atoms with Gasteiger partial charge in [-0.1, -0.05) is 12.1 Å². The Morgan fingerprint density at radius 2 is 1.79 bits per heavy atom. The molecule has 10 heteroatoms. The molecular formula is C24H26N4O5S. The number of anilines is 1. The van der Waals surface area contributed by atoms with Crippen LogP contribution in [-0.2, 0) is 9.53 Å². The van der Waals surface area contributed by atoms with Gasteiger partial charge in [0.2, 0.25) is 0 Å². The van der Waals surface area contributed by atoms with Gasteiger partial charge in [0.1, 0.15) is 0 Å². The van der Waals surface area contributed by atoms with Gasteiger partial charge >= 0.3 is 5.97 Å². The number of hydrogen-bond acceptors (Lipinski definition) is 6. The average Bonchev–Trinajstić information content (AvgIpc) is 2.79. The normalized spacial score (nSPS) is 15.7. The lowest BCUT2D eigenvalue weighted by atomic mass is 9.94. The summed E-state index contributed by atoms with van der Waals surface area (Å²) in [6.45, 7) is 7.99. The van der Waals surface area contributed by atoms with Gasteiger partial charge in [0.15, 0.2) is 5.11 Å². The van der Waals surface area contributed by atoms with E-state index in [1.807, 2.05) is 18.7 Å². The molecule has 0 aliphatic carbocycles. The maximum atomic E-state index is 12.9. The Morgan fingerprint density at radius 3 is 2.32 bits per heavy atom. The minimum absolute atomic E-state index is 0.0874. The monoisotopic (exact) mass is 482 g/mol. The van der Waals surface area contributed by atoms with Crippen molar-refractivity contribution in [3.63, 3.8) is 0 Å². The zero-order valence-electron chi connectivity index (χ0n) is 19.3. The first kappa shape index (κ1) is 24.8. The first-order valence-corrected chi connectivity index (χ1v) is 11.2. The van der Waals surface area contributed by atoms with Crippen LogP contribution in [0.3, 0.4) is 0 Å². The summed E-state index contributed by atoms with van der Waals surface area (Å²) in [5.41, 5.74) is 2.74. The van der Waals surface area contributed by atoms with Crippen LogP contribution < -0.4 is 10.6 Å². The lowest BCUT2D eigenvalue weighted by Crippen LogP contribution is -2.47. The van der Waals surface area contributed by atoms with E-state index < -0.39 is 22.8 Å². The molecule has 9 nitrogen and oxygen atoms in total. The number of amides is 1. The van der Waals surface area contributed by atoms with Gasteiger partial charge < -0.3 is 20.3 Å². The molecule has 2 aromatic carbocycles. The van der Waals surface area contributed by atoms with Crippen LogP contribution in [0.1, 0.15) is 49.7 Å². The molecule has 1 aliphatic heterocycles. The third-order valence-corrected chi connectivity index (χ3v) is 5.66. The van der Waals surface area contributed by atoms with Crippen molar-refractivity contribution in [2.75, 3.05) is 11.9 Å². The fourth-order valence-electron chi connectivity index (χ4n) is 3.65. The molecule has 3 rings (SSSR count). The van der Waals surface area contributed by atoms with E-state index in [0.29, 0.717) is 28.5 Å². The number of nitrogens with one attached hydrogen (secondary N) is 2. The number of carbonyl (C=O) groups is 2. The summed E-state index contributed by atoms with van der Waals surface area (Å²) >= 11 is 5.50. The number of hydrogen-bond donors (Lipinski definition) is 2. The second-order valence-corrected chi connectivity index (χ2v) is 8.35. The molecule has 0 fully saturated rings. The molecule has 1 atom stereocenters. The van der Waals surface area contributed by atoms with Gasteiger partial charge in [0.05, 0.1) is 22.6 Å². The van der Waals surface area contributed by atoms with Crippen LogP contribution in [0.4, 0.5) is 11.4 Å². The van der Waals surface area contributed by atoms with Gasteiger partial charge in [-0.15, -0.1) is 0 Å². The van der Waals surface area contributed by atoms with Gasteiger partial charge in [0, 0.05) is 35.6 Å². The topological polar surface area (TPSA) is 114 Å². The van der Waals surface area contributed by atoms with Crippen LogP contribution in [0.5, 0.6) is 0 Å². The Labute approximate surface area is 202 Å². The molecule has 0 saturated carbocycles. The second kappa shape index (κ2) is 10.4. The van der Waals surface area contributed by atoms with Gasteiger partial charge in [-0.25, -0.2) is 4.79 Å². The molecular weight excluding hydrogens is 456 g/mol. The zero-order valence-corrected chi connectivity index (χ0v) is 20.1. The highest BCUT2D eigenvalue weighted by Gasteiger charge is 2.34. The van der Waals surface area contributed by atoms with Crippen LogP contribution in [0, 0.1) is 10.1 Å². The Hall–Kier alpha value is -3.79. The highest BCUT2D eigenvalue weighted by Crippen LogP contribution is 2.32. The highest BCUT2D eigenvalue weighted by molar-refractivity contribution is 7.80. The van der Waals surface area contributed by atoms with Gasteiger partial charge in [0.25, 0.3) is 11.6 Å². The number of esters is 1. The van der Waals surface area contributed by atoms with Crippen LogP contribution in [-0.4, -0.2) is 39.5 Å². The molecule has 2 N–H and O–H groups in total. The summed E-state index contributed by atoms with van der Waals surface area (Å²) in [4.78, 5) is 37.5. The van der Waals surface area contributed by atoms with Crippen molar-refractivity contribution in [1.29, 1.82) is 0 Å². The average molecular weight is 483 g/mol. The number of non-ortho nitro benzene ring substituents is 1. The minimum Gasteiger partial charge on any atom is -0.459 e. The van der Waals surface area contributed by atoms with Crippen molar-refractivity contribution in [1.82, 2.24) is 10.2 Å². The van der Waals surface area contributed by atoms with Crippen molar-refractivity contribution in [2.24, 2.45) is 0 Å². The first-order valence-electron chi connectivity index (χ1n) is 10.8. The number of nitro groups is 1. The maximum Gasteiger partial charge on any atom is 0.338 e. The number of thiocarbonyl (C=S) groups is 1. The molecule has 1 amide bonds. The molecule has 1 aliphatic rings. The van der Waals surface area contributed by atoms with Crippen LogP contribution in [0.25, 0.3) is 0 Å². The standard InChI is InChI=1S/C24H26N4O5S/c1-5-27-15(4)20(23(30)33-14(2)3)21(26-24(27)34)16-6-10-18(11-7-16)25-22(29)17-8-12-19(13-9-17)28(31)32/h6-14,21H,5H2,1-4H3,(H,25,29)(H,26,34)/t21-/m1/s1. The van der Waals surface area contributed by atoms with E-state index in [4.69, 9.17) is 17.0 Å². The van der Waals surface area contributed by atoms with E-state index >= 15 is 0 Å². The fraction of sp³-hybridized carbons (Fsp3) is 0.292. The fourth-order valence-corrected chi connectivity index (χ4v) is 4.03. The third-order valence-electron chi connectivity index (χ3n) is 5.32. The van der Waals surface area contributed by atoms with E-state index in [-0.39, 0.29) is 11.8 Å². The van der Waals surface area contributed by atoms with Crippen molar-refractivity contribution < 1.29 is 19.2 Å². The summed E-state index contributed by atoms with van der Waals surface area (Å²) in [7, 11) is 0. The second-order valence-electron chi connectivity index (χ2n) is 7.96. The summed E-state index contributed by atoms with van der Waals surface area (Å²) in [5.74, 6) is -0.809. The molecule has 34 heavy (non-hydrogen) atoms. The number of benzene rings is 2. The number of nitrogens with zero attached hydrogens (tertiary/aromatic N) is 2. The summed E-state index contributed by atoms with van der Waals surface area (Å²) in [6, 6.07) is 11.9. The summed E-state index contributed by atoms with van der Waals surface area (Å²) < 4.78 is 5.48. The number of carbonyl (C=O) groups excluding carboxylic acids is 2. The molecule has 1 heterocycles. The van der Waals surface area contributed by atoms with Crippen LogP contribution in [0.2, 0.25) is 0 Å². The number of ether oxygens (including phenoxy) is 1. The van der Waals surface area contributed by atoms with Crippen molar-refractivity contribution in [3.8, 4) is 0 Å². The SMILES string of the molecule is CCN1C(=S)N[C@H](c2ccc(NC(=O)c3ccc([N+](=O)[O-])cc3)cc2)C(C(=O)OC(C)C)=C1C. The van der Waals surface area contributed by atoms with Crippen molar-refractivity contribution in [3.05, 3.63) is 81.0 Å². The van der Waals surface area contributed by atoms with E-state index in [0.717, 1.165) is 11.3 Å². The van der Waals surface area contributed by atoms with Crippen molar-refractivity contribution in [2.45, 2.75) is 39.8 Å². The molecule has 2 aromatic rings. The molecule has 0 saturated heterocycles. The van der Waals surface area contributed by atoms with E-state index in [2.05, 4.69) is 10.6 Å². The Kier molecular flexibility index (Phi) is 7.62. The Morgan fingerprint density at radius 1 is 1.18 bits per heavy atom. The highest BCUT2D eigenvalue weighted by atomic mass is 32.1. The molecule has 0 radical (unpaired) electrons. The summed E-state index contributed by atoms with van der Waals surface area (Å²) in [5, 5.41) is 17.3. The van der Waals surface area contributed by atoms with Gasteiger partial charge in [-0.2, -0.15) is 0 Å². The molecule has 0 spiro atoms. The number of rotatable bonds is 7. The quantitative estimate of drug-likeness (QED) is 0.260. The smallest absolute Gasteiger partial charge is 0.338 e. The number of nitro benzene ring substituents is 1. The van der Waals surface area contributed by atoms with E-state index in [1.165, 1.54) is 24.3 Å². The van der Waals surface area contributed by atoms with Gasteiger partial charge in [-0.3, -0.25) is 14.9 Å². The van der Waals surface area contributed by atoms with E-state index in [1.54, 1.807) is 38.1 Å². The Balaban J connectivity index is 1.83. The van der Waals surface area contributed by atoms with E-state index in [9.17, 15) is 19.7 Å². The lowest BCUT2D eigenvalue weighted by Gasteiger charge is -2.37.